The van der Waals surface area contributed by atoms with Gasteiger partial charge in [-0.2, -0.15) is 0 Å². The first-order valence-corrected chi connectivity index (χ1v) is 9.63. The number of rotatable bonds is 3. The minimum absolute atomic E-state index is 0.220. The maximum absolute atomic E-state index is 13.0. The van der Waals surface area contributed by atoms with Crippen LogP contribution in [0.4, 0.5) is 0 Å². The van der Waals surface area contributed by atoms with Crippen molar-refractivity contribution in [2.24, 2.45) is 0 Å². The van der Waals surface area contributed by atoms with Crippen molar-refractivity contribution in [3.63, 3.8) is 0 Å². The third-order valence-electron chi connectivity index (χ3n) is 5.47. The average molecular weight is 402 g/mol. The number of carbonyl (C=O) groups excluding carboxylic acids is 3. The molecule has 9 heteroatoms. The maximum atomic E-state index is 13.0. The number of benzene rings is 1. The maximum Gasteiger partial charge on any atom is 0.255 e. The Hall–Kier alpha value is -3.88. The van der Waals surface area contributed by atoms with Gasteiger partial charge in [-0.25, -0.2) is 4.68 Å². The molecule has 9 nitrogen and oxygen atoms in total. The highest BCUT2D eigenvalue weighted by Gasteiger charge is 2.40. The topological polar surface area (TPSA) is 110 Å². The van der Waals surface area contributed by atoms with E-state index in [1.165, 1.54) is 4.90 Å². The third kappa shape index (κ3) is 2.95. The molecule has 1 saturated heterocycles. The van der Waals surface area contributed by atoms with Gasteiger partial charge in [-0.3, -0.25) is 24.7 Å². The molecular weight excluding hydrogens is 384 g/mol. The van der Waals surface area contributed by atoms with E-state index in [0.717, 1.165) is 16.8 Å². The fourth-order valence-corrected chi connectivity index (χ4v) is 3.90. The molecule has 2 aromatic heterocycles. The standard InChI is InChI=1S/C21H18N6O3/c1-12-5-6-15(22-9-12)16-11-27(25-24-16)17-4-2-3-13-14(17)10-26(21(13)30)18-7-8-19(28)23-20(18)29/h2-6,9,11,18H,7-8,10H2,1H3,(H,23,28,29). The van der Waals surface area contributed by atoms with Crippen LogP contribution < -0.4 is 5.32 Å². The van der Waals surface area contributed by atoms with Crippen LogP contribution in [0.15, 0.2) is 42.7 Å². The van der Waals surface area contributed by atoms with Crippen molar-refractivity contribution in [1.29, 1.82) is 0 Å². The van der Waals surface area contributed by atoms with Crippen LogP contribution in [-0.4, -0.2) is 48.6 Å². The number of hydrogen-bond acceptors (Lipinski definition) is 6. The van der Waals surface area contributed by atoms with Gasteiger partial charge >= 0.3 is 0 Å². The lowest BCUT2D eigenvalue weighted by molar-refractivity contribution is -0.136. The molecular formula is C21H18N6O3. The monoisotopic (exact) mass is 402 g/mol. The quantitative estimate of drug-likeness (QED) is 0.663. The normalized spacial score (nSPS) is 18.5. The summed E-state index contributed by atoms with van der Waals surface area (Å²) in [5, 5.41) is 10.8. The summed E-state index contributed by atoms with van der Waals surface area (Å²) in [4.78, 5) is 42.6. The van der Waals surface area contributed by atoms with Gasteiger partial charge < -0.3 is 4.90 Å². The molecule has 1 atom stereocenters. The van der Waals surface area contributed by atoms with Crippen molar-refractivity contribution in [3.05, 3.63) is 59.4 Å². The number of nitrogens with one attached hydrogen (secondary N) is 1. The minimum atomic E-state index is -0.654. The first kappa shape index (κ1) is 18.2. The van der Waals surface area contributed by atoms with E-state index in [0.29, 0.717) is 23.4 Å². The van der Waals surface area contributed by atoms with E-state index in [1.807, 2.05) is 25.1 Å². The van der Waals surface area contributed by atoms with Crippen molar-refractivity contribution < 1.29 is 14.4 Å². The van der Waals surface area contributed by atoms with Gasteiger partial charge in [0.15, 0.2) is 0 Å². The summed E-state index contributed by atoms with van der Waals surface area (Å²) in [6.45, 7) is 2.24. The van der Waals surface area contributed by atoms with Crippen LogP contribution in [0.3, 0.4) is 0 Å². The van der Waals surface area contributed by atoms with Crippen LogP contribution in [-0.2, 0) is 16.1 Å². The Balaban J connectivity index is 1.47. The van der Waals surface area contributed by atoms with E-state index < -0.39 is 11.9 Å². The molecule has 150 valence electrons. The molecule has 0 spiro atoms. The smallest absolute Gasteiger partial charge is 0.255 e. The van der Waals surface area contributed by atoms with Crippen LogP contribution >= 0.6 is 0 Å². The van der Waals surface area contributed by atoms with Gasteiger partial charge in [0.05, 0.1) is 17.6 Å². The first-order chi connectivity index (χ1) is 14.5. The van der Waals surface area contributed by atoms with Crippen LogP contribution in [0.5, 0.6) is 0 Å². The Morgan fingerprint density at radius 2 is 1.97 bits per heavy atom. The number of amides is 3. The second kappa shape index (κ2) is 6.87. The van der Waals surface area contributed by atoms with Gasteiger partial charge in [0.25, 0.3) is 5.91 Å². The van der Waals surface area contributed by atoms with Crippen molar-refractivity contribution in [1.82, 2.24) is 30.2 Å². The molecule has 0 bridgehead atoms. The van der Waals surface area contributed by atoms with Gasteiger partial charge in [0, 0.05) is 30.3 Å². The highest BCUT2D eigenvalue weighted by atomic mass is 16.2. The molecule has 0 radical (unpaired) electrons. The molecule has 4 heterocycles. The zero-order valence-corrected chi connectivity index (χ0v) is 16.2. The van der Waals surface area contributed by atoms with Gasteiger partial charge in [-0.15, -0.1) is 5.10 Å². The number of nitrogens with zero attached hydrogens (tertiary/aromatic N) is 5. The second-order valence-corrected chi connectivity index (χ2v) is 7.47. The largest absolute Gasteiger partial charge is 0.322 e. The fourth-order valence-electron chi connectivity index (χ4n) is 3.90. The molecule has 0 saturated carbocycles. The van der Waals surface area contributed by atoms with E-state index >= 15 is 0 Å². The van der Waals surface area contributed by atoms with Gasteiger partial charge in [-0.1, -0.05) is 17.3 Å². The van der Waals surface area contributed by atoms with Crippen LogP contribution in [0.25, 0.3) is 17.1 Å². The summed E-state index contributed by atoms with van der Waals surface area (Å²) in [5.41, 5.74) is 4.42. The number of piperidine rings is 1. The van der Waals surface area contributed by atoms with Crippen LogP contribution in [0.1, 0.15) is 34.3 Å². The Morgan fingerprint density at radius 3 is 2.73 bits per heavy atom. The number of aromatic nitrogens is 4. The van der Waals surface area contributed by atoms with Crippen molar-refractivity contribution >= 4 is 17.7 Å². The fraction of sp³-hybridized carbons (Fsp3) is 0.238. The Bertz CT molecular complexity index is 1180. The Kier molecular flexibility index (Phi) is 4.16. The molecule has 1 unspecified atom stereocenters. The average Bonchev–Trinajstić information content (AvgIpc) is 3.34. The summed E-state index contributed by atoms with van der Waals surface area (Å²) in [6.07, 6.45) is 4.09. The van der Waals surface area contributed by atoms with Crippen molar-refractivity contribution in [3.8, 4) is 17.1 Å². The molecule has 1 N–H and O–H groups in total. The van der Waals surface area contributed by atoms with E-state index in [9.17, 15) is 14.4 Å². The van der Waals surface area contributed by atoms with Gasteiger partial charge in [0.2, 0.25) is 11.8 Å². The van der Waals surface area contributed by atoms with Crippen molar-refractivity contribution in [2.75, 3.05) is 0 Å². The lowest BCUT2D eigenvalue weighted by atomic mass is 10.0. The van der Waals surface area contributed by atoms with E-state index in [1.54, 1.807) is 29.2 Å². The summed E-state index contributed by atoms with van der Waals surface area (Å²) in [6, 6.07) is 8.57. The van der Waals surface area contributed by atoms with Crippen LogP contribution in [0.2, 0.25) is 0 Å². The minimum Gasteiger partial charge on any atom is -0.322 e. The summed E-state index contributed by atoms with van der Waals surface area (Å²) < 4.78 is 1.62. The SMILES string of the molecule is Cc1ccc(-c2cn(-c3cccc4c3CN(C3CCC(=O)NC3=O)C4=O)nn2)nc1. The molecule has 30 heavy (non-hydrogen) atoms. The Labute approximate surface area is 171 Å². The molecule has 1 fully saturated rings. The van der Waals surface area contributed by atoms with E-state index in [-0.39, 0.29) is 24.8 Å². The number of pyridine rings is 1. The van der Waals surface area contributed by atoms with Gasteiger partial charge in [-0.05, 0) is 37.1 Å². The molecule has 2 aliphatic rings. The lowest BCUT2D eigenvalue weighted by Gasteiger charge is -2.29. The zero-order valence-electron chi connectivity index (χ0n) is 16.2. The number of carbonyl (C=O) groups is 3. The summed E-state index contributed by atoms with van der Waals surface area (Å²) in [7, 11) is 0. The molecule has 0 aliphatic carbocycles. The number of imide groups is 1. The molecule has 3 aromatic rings. The number of hydrogen-bond donors (Lipinski definition) is 1. The highest BCUT2D eigenvalue weighted by Crippen LogP contribution is 2.31. The zero-order chi connectivity index (χ0) is 20.8. The molecule has 1 aromatic carbocycles. The molecule has 3 amide bonds. The molecule has 5 rings (SSSR count). The summed E-state index contributed by atoms with van der Waals surface area (Å²) in [5.74, 6) is -0.953. The predicted molar refractivity (Wildman–Crippen MR) is 105 cm³/mol. The lowest BCUT2D eigenvalue weighted by Crippen LogP contribution is -2.52. The van der Waals surface area contributed by atoms with E-state index in [4.69, 9.17) is 0 Å². The highest BCUT2D eigenvalue weighted by molar-refractivity contribution is 6.05. The third-order valence-corrected chi connectivity index (χ3v) is 5.47. The van der Waals surface area contributed by atoms with Crippen molar-refractivity contribution in [2.45, 2.75) is 32.4 Å². The number of fused-ring (bicyclic) bond motifs is 1. The van der Waals surface area contributed by atoms with E-state index in [2.05, 4.69) is 20.6 Å². The predicted octanol–water partition coefficient (Wildman–Crippen LogP) is 1.40. The Morgan fingerprint density at radius 1 is 1.10 bits per heavy atom. The van der Waals surface area contributed by atoms with Crippen LogP contribution in [0, 0.1) is 6.92 Å². The molecule has 2 aliphatic heterocycles. The first-order valence-electron chi connectivity index (χ1n) is 9.63. The number of aryl methyl sites for hydroxylation is 1. The second-order valence-electron chi connectivity index (χ2n) is 7.47. The summed E-state index contributed by atoms with van der Waals surface area (Å²) >= 11 is 0. The van der Waals surface area contributed by atoms with Gasteiger partial charge in [0.1, 0.15) is 11.7 Å².